The zero-order chi connectivity index (χ0) is 17.1. The molecule has 1 aromatic carbocycles. The Morgan fingerprint density at radius 1 is 1.21 bits per heavy atom. The molecule has 1 aromatic rings. The number of hydrogen-bond acceptors (Lipinski definition) is 3. The van der Waals surface area contributed by atoms with Crippen LogP contribution in [0.25, 0.3) is 0 Å². The molecular formula is C18H23FN2O3. The monoisotopic (exact) mass is 334 g/mol. The summed E-state index contributed by atoms with van der Waals surface area (Å²) in [6.07, 6.45) is 3.44. The third kappa shape index (κ3) is 3.43. The van der Waals surface area contributed by atoms with Gasteiger partial charge in [-0.2, -0.15) is 0 Å². The van der Waals surface area contributed by atoms with Crippen molar-refractivity contribution in [2.75, 3.05) is 26.7 Å². The van der Waals surface area contributed by atoms with Crippen LogP contribution < -0.4 is 0 Å². The lowest BCUT2D eigenvalue weighted by atomic mass is 9.97. The average Bonchev–Trinajstić information content (AvgIpc) is 2.86. The predicted molar refractivity (Wildman–Crippen MR) is 86.7 cm³/mol. The Hall–Kier alpha value is -1.95. The summed E-state index contributed by atoms with van der Waals surface area (Å²) in [5.41, 5.74) is 0.582. The van der Waals surface area contributed by atoms with Crippen LogP contribution in [0.4, 0.5) is 4.39 Å². The maximum Gasteiger partial charge on any atom is 0.254 e. The molecular weight excluding hydrogens is 311 g/mol. The van der Waals surface area contributed by atoms with Gasteiger partial charge in [-0.25, -0.2) is 4.39 Å². The lowest BCUT2D eigenvalue weighted by Gasteiger charge is -2.40. The van der Waals surface area contributed by atoms with Gasteiger partial charge in [-0.1, -0.05) is 25.0 Å². The molecule has 2 saturated heterocycles. The summed E-state index contributed by atoms with van der Waals surface area (Å²) in [6, 6.07) is 5.43. The van der Waals surface area contributed by atoms with E-state index in [1.165, 1.54) is 17.0 Å². The summed E-state index contributed by atoms with van der Waals surface area (Å²) >= 11 is 0. The van der Waals surface area contributed by atoms with Crippen LogP contribution in [0.5, 0.6) is 0 Å². The van der Waals surface area contributed by atoms with Crippen LogP contribution in [0, 0.1) is 5.82 Å². The summed E-state index contributed by atoms with van der Waals surface area (Å²) in [7, 11) is 1.64. The van der Waals surface area contributed by atoms with Crippen LogP contribution in [-0.4, -0.2) is 54.5 Å². The van der Waals surface area contributed by atoms with E-state index in [9.17, 15) is 14.0 Å². The minimum atomic E-state index is -0.785. The van der Waals surface area contributed by atoms with Gasteiger partial charge in [0.2, 0.25) is 5.91 Å². The molecule has 24 heavy (non-hydrogen) atoms. The van der Waals surface area contributed by atoms with Gasteiger partial charge in [0.05, 0.1) is 6.04 Å². The van der Waals surface area contributed by atoms with Gasteiger partial charge in [-0.15, -0.1) is 0 Å². The summed E-state index contributed by atoms with van der Waals surface area (Å²) in [5, 5.41) is 0. The van der Waals surface area contributed by atoms with E-state index in [1.54, 1.807) is 19.2 Å². The number of halogens is 1. The second kappa shape index (κ2) is 7.30. The van der Waals surface area contributed by atoms with E-state index in [4.69, 9.17) is 4.74 Å². The first-order valence-corrected chi connectivity index (χ1v) is 8.49. The molecule has 0 N–H and O–H groups in total. The number of hydrogen-bond donors (Lipinski definition) is 0. The fourth-order valence-electron chi connectivity index (χ4n) is 3.48. The largest absolute Gasteiger partial charge is 0.356 e. The summed E-state index contributed by atoms with van der Waals surface area (Å²) < 4.78 is 19.3. The second-order valence-corrected chi connectivity index (χ2v) is 6.48. The number of likely N-dealkylation sites (tertiary alicyclic amines) is 1. The van der Waals surface area contributed by atoms with Crippen LogP contribution >= 0.6 is 0 Å². The number of nitrogens with zero attached hydrogens (tertiary/aromatic N) is 2. The van der Waals surface area contributed by atoms with E-state index < -0.39 is 12.1 Å². The van der Waals surface area contributed by atoms with Crippen molar-refractivity contribution in [2.24, 2.45) is 0 Å². The minimum absolute atomic E-state index is 0.106. The molecule has 130 valence electrons. The molecule has 2 amide bonds. The summed E-state index contributed by atoms with van der Waals surface area (Å²) in [6.45, 7) is 1.31. The molecule has 0 bridgehead atoms. The first-order valence-electron chi connectivity index (χ1n) is 8.49. The van der Waals surface area contributed by atoms with Gasteiger partial charge in [0.25, 0.3) is 5.91 Å². The highest BCUT2D eigenvalue weighted by Gasteiger charge is 2.41. The van der Waals surface area contributed by atoms with Gasteiger partial charge in [0.1, 0.15) is 12.4 Å². The van der Waals surface area contributed by atoms with Crippen molar-refractivity contribution >= 4 is 11.8 Å². The SMILES string of the molecule is CN1C(=O)CO[C@H](C(=O)N2CCCCCC2)[C@H]1c1cccc(F)c1. The maximum absolute atomic E-state index is 13.6. The topological polar surface area (TPSA) is 49.9 Å². The van der Waals surface area contributed by atoms with Gasteiger partial charge >= 0.3 is 0 Å². The molecule has 0 aliphatic carbocycles. The maximum atomic E-state index is 13.6. The lowest BCUT2D eigenvalue weighted by molar-refractivity contribution is -0.167. The fraction of sp³-hybridized carbons (Fsp3) is 0.556. The molecule has 0 radical (unpaired) electrons. The lowest BCUT2D eigenvalue weighted by Crippen LogP contribution is -2.54. The molecule has 2 aliphatic heterocycles. The summed E-state index contributed by atoms with van der Waals surface area (Å²) in [4.78, 5) is 28.4. The molecule has 0 saturated carbocycles. The third-order valence-electron chi connectivity index (χ3n) is 4.84. The van der Waals surface area contributed by atoms with E-state index >= 15 is 0 Å². The average molecular weight is 334 g/mol. The quantitative estimate of drug-likeness (QED) is 0.832. The van der Waals surface area contributed by atoms with Crippen molar-refractivity contribution in [3.63, 3.8) is 0 Å². The van der Waals surface area contributed by atoms with Crippen LogP contribution in [0.15, 0.2) is 24.3 Å². The Balaban J connectivity index is 1.88. The first-order chi connectivity index (χ1) is 11.6. The Bertz CT molecular complexity index is 614. The van der Waals surface area contributed by atoms with Gasteiger partial charge in [0.15, 0.2) is 6.10 Å². The van der Waals surface area contributed by atoms with Gasteiger partial charge in [-0.3, -0.25) is 9.59 Å². The highest BCUT2D eigenvalue weighted by atomic mass is 19.1. The molecule has 2 aliphatic rings. The third-order valence-corrected chi connectivity index (χ3v) is 4.84. The minimum Gasteiger partial charge on any atom is -0.356 e. The van der Waals surface area contributed by atoms with Crippen molar-refractivity contribution in [1.82, 2.24) is 9.80 Å². The number of carbonyl (C=O) groups excluding carboxylic acids is 2. The second-order valence-electron chi connectivity index (χ2n) is 6.48. The van der Waals surface area contributed by atoms with Crippen molar-refractivity contribution in [3.8, 4) is 0 Å². The van der Waals surface area contributed by atoms with Crippen molar-refractivity contribution in [1.29, 1.82) is 0 Å². The Morgan fingerprint density at radius 3 is 2.58 bits per heavy atom. The van der Waals surface area contributed by atoms with E-state index in [2.05, 4.69) is 0 Å². The zero-order valence-electron chi connectivity index (χ0n) is 13.9. The smallest absolute Gasteiger partial charge is 0.254 e. The molecule has 0 aromatic heterocycles. The normalized spacial score (nSPS) is 25.5. The molecule has 0 spiro atoms. The number of carbonyl (C=O) groups is 2. The van der Waals surface area contributed by atoms with Crippen LogP contribution in [0.1, 0.15) is 37.3 Å². The predicted octanol–water partition coefficient (Wildman–Crippen LogP) is 2.13. The van der Waals surface area contributed by atoms with Crippen molar-refractivity contribution in [3.05, 3.63) is 35.6 Å². The standard InChI is InChI=1S/C18H23FN2O3/c1-20-15(22)12-24-17(16(20)13-7-6-8-14(19)11-13)18(23)21-9-4-2-3-5-10-21/h6-8,11,16-17H,2-5,9-10,12H2,1H3/t16-,17+/m1/s1. The van der Waals surface area contributed by atoms with Crippen molar-refractivity contribution < 1.29 is 18.7 Å². The summed E-state index contributed by atoms with van der Waals surface area (Å²) in [5.74, 6) is -0.699. The number of morpholine rings is 1. The number of likely N-dealkylation sites (N-methyl/N-ethyl adjacent to an activating group) is 1. The Morgan fingerprint density at radius 2 is 1.92 bits per heavy atom. The molecule has 5 nitrogen and oxygen atoms in total. The molecule has 3 rings (SSSR count). The Labute approximate surface area is 141 Å². The Kier molecular flexibility index (Phi) is 5.14. The van der Waals surface area contributed by atoms with Crippen LogP contribution in [0.3, 0.4) is 0 Å². The van der Waals surface area contributed by atoms with Crippen LogP contribution in [-0.2, 0) is 14.3 Å². The zero-order valence-corrected chi connectivity index (χ0v) is 13.9. The van der Waals surface area contributed by atoms with E-state index in [1.807, 2.05) is 4.90 Å². The molecule has 2 atom stereocenters. The molecule has 2 heterocycles. The van der Waals surface area contributed by atoms with E-state index in [0.29, 0.717) is 18.7 Å². The number of rotatable bonds is 2. The van der Waals surface area contributed by atoms with Crippen LogP contribution in [0.2, 0.25) is 0 Å². The molecule has 6 heteroatoms. The number of benzene rings is 1. The van der Waals surface area contributed by atoms with Gasteiger partial charge < -0.3 is 14.5 Å². The van der Waals surface area contributed by atoms with E-state index in [-0.39, 0.29) is 24.2 Å². The highest BCUT2D eigenvalue weighted by molar-refractivity contribution is 5.86. The highest BCUT2D eigenvalue weighted by Crippen LogP contribution is 2.31. The van der Waals surface area contributed by atoms with Crippen molar-refractivity contribution in [2.45, 2.75) is 37.8 Å². The number of amides is 2. The van der Waals surface area contributed by atoms with E-state index in [0.717, 1.165) is 25.7 Å². The number of ether oxygens (including phenoxy) is 1. The van der Waals surface area contributed by atoms with Gasteiger partial charge in [0, 0.05) is 20.1 Å². The molecule has 0 unspecified atom stereocenters. The fourth-order valence-corrected chi connectivity index (χ4v) is 3.48. The van der Waals surface area contributed by atoms with Gasteiger partial charge in [-0.05, 0) is 30.5 Å². The first kappa shape index (κ1) is 16.9. The molecule has 2 fully saturated rings.